The predicted molar refractivity (Wildman–Crippen MR) is 64.6 cm³/mol. The number of benzene rings is 1. The van der Waals surface area contributed by atoms with Gasteiger partial charge in [-0.2, -0.15) is 0 Å². The molecule has 18 heavy (non-hydrogen) atoms. The number of nitrogens with two attached hydrogens (primary N) is 1. The van der Waals surface area contributed by atoms with Crippen LogP contribution in [0.2, 0.25) is 0 Å². The molecule has 0 aliphatic heterocycles. The maximum atomic E-state index is 12.3. The molecule has 0 radical (unpaired) electrons. The molecule has 6 heteroatoms. The number of rotatable bonds is 3. The summed E-state index contributed by atoms with van der Waals surface area (Å²) in [6.07, 6.45) is 1.37. The monoisotopic (exact) mass is 262 g/mol. The van der Waals surface area contributed by atoms with E-state index in [4.69, 9.17) is 5.73 Å². The summed E-state index contributed by atoms with van der Waals surface area (Å²) < 4.78 is 24.6. The molecule has 0 aliphatic rings. The average molecular weight is 262 g/mol. The Hall–Kier alpha value is -2.21. The second-order valence-electron chi connectivity index (χ2n) is 3.53. The third-order valence-corrected chi connectivity index (χ3v) is 4.08. The van der Waals surface area contributed by atoms with Crippen molar-refractivity contribution in [3.63, 3.8) is 0 Å². The number of nitrogens with zero attached hydrogens (tertiary/aromatic N) is 1. The Morgan fingerprint density at radius 3 is 2.33 bits per heavy atom. The van der Waals surface area contributed by atoms with Crippen molar-refractivity contribution in [2.45, 2.75) is 9.92 Å². The molecule has 0 unspecified atom stereocenters. The Morgan fingerprint density at radius 1 is 1.06 bits per heavy atom. The molecule has 5 nitrogen and oxygen atoms in total. The molecule has 0 saturated carbocycles. The van der Waals surface area contributed by atoms with E-state index in [1.54, 1.807) is 18.2 Å². The number of aromatic nitrogens is 1. The average Bonchev–Trinajstić information content (AvgIpc) is 2.39. The van der Waals surface area contributed by atoms with Crippen molar-refractivity contribution in [1.82, 2.24) is 4.98 Å². The lowest BCUT2D eigenvalue weighted by molar-refractivity contribution is 0.0997. The predicted octanol–water partition coefficient (Wildman–Crippen LogP) is 1.01. The van der Waals surface area contributed by atoms with Crippen LogP contribution in [0.1, 0.15) is 10.4 Å². The quantitative estimate of drug-likeness (QED) is 0.893. The van der Waals surface area contributed by atoms with Gasteiger partial charge in [0.05, 0.1) is 10.5 Å². The Kier molecular flexibility index (Phi) is 3.12. The molecule has 2 rings (SSSR count). The molecule has 0 atom stereocenters. The molecule has 0 bridgehead atoms. The molecule has 0 spiro atoms. The highest BCUT2D eigenvalue weighted by atomic mass is 32.2. The van der Waals surface area contributed by atoms with Crippen LogP contribution in [0.25, 0.3) is 0 Å². The van der Waals surface area contributed by atoms with Crippen LogP contribution in [0, 0.1) is 0 Å². The maximum absolute atomic E-state index is 12.3. The molecular weight excluding hydrogens is 252 g/mol. The zero-order chi connectivity index (χ0) is 13.2. The SMILES string of the molecule is NC(=O)c1ccccc1S(=O)(=O)c1ccccn1. The highest BCUT2D eigenvalue weighted by molar-refractivity contribution is 7.91. The van der Waals surface area contributed by atoms with Gasteiger partial charge >= 0.3 is 0 Å². The van der Waals surface area contributed by atoms with E-state index in [1.165, 1.54) is 30.5 Å². The van der Waals surface area contributed by atoms with Crippen molar-refractivity contribution in [3.05, 3.63) is 54.2 Å². The highest BCUT2D eigenvalue weighted by Crippen LogP contribution is 2.21. The van der Waals surface area contributed by atoms with Gasteiger partial charge in [-0.1, -0.05) is 18.2 Å². The first-order valence-electron chi connectivity index (χ1n) is 5.08. The van der Waals surface area contributed by atoms with Crippen LogP contribution >= 0.6 is 0 Å². The standard InChI is InChI=1S/C12H10N2O3S/c13-12(15)9-5-1-2-6-10(9)18(16,17)11-7-3-4-8-14-11/h1-8H,(H2,13,15). The molecule has 1 heterocycles. The van der Waals surface area contributed by atoms with Crippen molar-refractivity contribution in [2.75, 3.05) is 0 Å². The first-order valence-corrected chi connectivity index (χ1v) is 6.57. The van der Waals surface area contributed by atoms with Crippen molar-refractivity contribution in [3.8, 4) is 0 Å². The second kappa shape index (κ2) is 4.58. The van der Waals surface area contributed by atoms with Gasteiger partial charge in [-0.05, 0) is 24.3 Å². The Bertz CT molecular complexity index is 681. The van der Waals surface area contributed by atoms with Crippen LogP contribution in [-0.2, 0) is 9.84 Å². The van der Waals surface area contributed by atoms with E-state index >= 15 is 0 Å². The number of carbonyl (C=O) groups is 1. The van der Waals surface area contributed by atoms with Crippen molar-refractivity contribution in [2.24, 2.45) is 5.73 Å². The summed E-state index contributed by atoms with van der Waals surface area (Å²) in [4.78, 5) is 14.9. The smallest absolute Gasteiger partial charge is 0.250 e. The number of hydrogen-bond donors (Lipinski definition) is 1. The van der Waals surface area contributed by atoms with Gasteiger partial charge in [-0.25, -0.2) is 13.4 Å². The second-order valence-corrected chi connectivity index (χ2v) is 5.40. The molecule has 1 aromatic heterocycles. The molecule has 0 saturated heterocycles. The minimum absolute atomic E-state index is 0.0387. The van der Waals surface area contributed by atoms with Gasteiger partial charge < -0.3 is 5.73 Å². The largest absolute Gasteiger partial charge is 0.366 e. The fourth-order valence-corrected chi connectivity index (χ4v) is 2.92. The van der Waals surface area contributed by atoms with Gasteiger partial charge in [0, 0.05) is 6.20 Å². The van der Waals surface area contributed by atoms with Crippen LogP contribution < -0.4 is 5.73 Å². The van der Waals surface area contributed by atoms with Crippen molar-refractivity contribution >= 4 is 15.7 Å². The van der Waals surface area contributed by atoms with Crippen LogP contribution in [0.15, 0.2) is 58.6 Å². The topological polar surface area (TPSA) is 90.1 Å². The summed E-state index contributed by atoms with van der Waals surface area (Å²) in [5.74, 6) is -0.787. The number of hydrogen-bond acceptors (Lipinski definition) is 4. The first-order chi connectivity index (χ1) is 8.53. The van der Waals surface area contributed by atoms with E-state index in [-0.39, 0.29) is 15.5 Å². The number of primary amides is 1. The van der Waals surface area contributed by atoms with Gasteiger partial charge in [0.1, 0.15) is 0 Å². The first kappa shape index (κ1) is 12.3. The van der Waals surface area contributed by atoms with Crippen LogP contribution in [0.3, 0.4) is 0 Å². The zero-order valence-corrected chi connectivity index (χ0v) is 10.1. The number of sulfone groups is 1. The summed E-state index contributed by atoms with van der Waals surface area (Å²) in [5, 5.41) is -0.112. The van der Waals surface area contributed by atoms with Gasteiger partial charge in [0.25, 0.3) is 0 Å². The van der Waals surface area contributed by atoms with Gasteiger partial charge in [0.15, 0.2) is 5.03 Å². The van der Waals surface area contributed by atoms with E-state index in [9.17, 15) is 13.2 Å². The number of amides is 1. The van der Waals surface area contributed by atoms with Gasteiger partial charge in [0.2, 0.25) is 15.7 Å². The van der Waals surface area contributed by atoms with Gasteiger partial charge in [-0.3, -0.25) is 4.79 Å². The summed E-state index contributed by atoms with van der Waals surface area (Å²) in [6.45, 7) is 0. The maximum Gasteiger partial charge on any atom is 0.250 e. The molecule has 1 amide bonds. The van der Waals surface area contributed by atoms with E-state index in [2.05, 4.69) is 4.98 Å². The fraction of sp³-hybridized carbons (Fsp3) is 0. The molecular formula is C12H10N2O3S. The fourth-order valence-electron chi connectivity index (χ4n) is 1.52. The molecule has 92 valence electrons. The molecule has 2 aromatic rings. The van der Waals surface area contributed by atoms with Crippen LogP contribution in [0.4, 0.5) is 0 Å². The zero-order valence-electron chi connectivity index (χ0n) is 9.28. The lowest BCUT2D eigenvalue weighted by Crippen LogP contribution is -2.16. The molecule has 0 aliphatic carbocycles. The van der Waals surface area contributed by atoms with Gasteiger partial charge in [-0.15, -0.1) is 0 Å². The van der Waals surface area contributed by atoms with E-state index in [1.807, 2.05) is 0 Å². The van der Waals surface area contributed by atoms with E-state index in [0.29, 0.717) is 0 Å². The Balaban J connectivity index is 2.66. The summed E-state index contributed by atoms with van der Waals surface area (Å²) in [6, 6.07) is 10.3. The minimum atomic E-state index is -3.83. The summed E-state index contributed by atoms with van der Waals surface area (Å²) >= 11 is 0. The van der Waals surface area contributed by atoms with Crippen molar-refractivity contribution in [1.29, 1.82) is 0 Å². The summed E-state index contributed by atoms with van der Waals surface area (Å²) in [5.41, 5.74) is 5.13. The number of pyridine rings is 1. The summed E-state index contributed by atoms with van der Waals surface area (Å²) in [7, 11) is -3.83. The molecule has 2 N–H and O–H groups in total. The Labute approximate surface area is 104 Å². The molecule has 0 fully saturated rings. The Morgan fingerprint density at radius 2 is 1.72 bits per heavy atom. The lowest BCUT2D eigenvalue weighted by Gasteiger charge is -2.07. The number of carbonyl (C=O) groups excluding carboxylic acids is 1. The normalized spacial score (nSPS) is 11.1. The van der Waals surface area contributed by atoms with Crippen LogP contribution in [-0.4, -0.2) is 19.3 Å². The third-order valence-electron chi connectivity index (χ3n) is 2.36. The van der Waals surface area contributed by atoms with Crippen molar-refractivity contribution < 1.29 is 13.2 Å². The third kappa shape index (κ3) is 2.10. The van der Waals surface area contributed by atoms with Crippen LogP contribution in [0.5, 0.6) is 0 Å². The highest BCUT2D eigenvalue weighted by Gasteiger charge is 2.23. The minimum Gasteiger partial charge on any atom is -0.366 e. The lowest BCUT2D eigenvalue weighted by atomic mass is 10.2. The molecule has 1 aromatic carbocycles. The van der Waals surface area contributed by atoms with E-state index in [0.717, 1.165) is 0 Å². The van der Waals surface area contributed by atoms with E-state index < -0.39 is 15.7 Å².